The fourth-order valence-corrected chi connectivity index (χ4v) is 2.09. The van der Waals surface area contributed by atoms with Crippen LogP contribution in [0.4, 0.5) is 5.82 Å². The predicted molar refractivity (Wildman–Crippen MR) is 69.5 cm³/mol. The maximum absolute atomic E-state index is 5.41. The minimum absolute atomic E-state index is 0.541. The summed E-state index contributed by atoms with van der Waals surface area (Å²) in [5.74, 6) is 7.21. The molecule has 2 rings (SSSR count). The summed E-state index contributed by atoms with van der Waals surface area (Å²) in [6.45, 7) is 4.31. The number of nitrogens with one attached hydrogen (secondary N) is 1. The van der Waals surface area contributed by atoms with Crippen molar-refractivity contribution in [2.45, 2.75) is 20.3 Å². The van der Waals surface area contributed by atoms with E-state index in [4.69, 9.17) is 5.84 Å². The van der Waals surface area contributed by atoms with Crippen molar-refractivity contribution < 1.29 is 0 Å². The fraction of sp³-hybridized carbons (Fsp3) is 0.364. The summed E-state index contributed by atoms with van der Waals surface area (Å²) in [5.41, 5.74) is 3.55. The Morgan fingerprint density at radius 3 is 2.82 bits per heavy atom. The molecule has 0 aliphatic carbocycles. The third-order valence-corrected chi connectivity index (χ3v) is 2.94. The first-order valence-corrected chi connectivity index (χ1v) is 6.31. The van der Waals surface area contributed by atoms with Gasteiger partial charge in [-0.05, 0) is 12.3 Å². The van der Waals surface area contributed by atoms with Crippen LogP contribution >= 0.6 is 11.3 Å². The first kappa shape index (κ1) is 11.9. The van der Waals surface area contributed by atoms with Gasteiger partial charge in [-0.25, -0.2) is 20.8 Å². The summed E-state index contributed by atoms with van der Waals surface area (Å²) in [6.07, 6.45) is 2.64. The van der Waals surface area contributed by atoms with Crippen LogP contribution in [-0.2, 0) is 6.42 Å². The van der Waals surface area contributed by atoms with Crippen LogP contribution in [0.1, 0.15) is 19.5 Å². The molecule has 0 amide bonds. The van der Waals surface area contributed by atoms with Crippen LogP contribution in [-0.4, -0.2) is 15.0 Å². The van der Waals surface area contributed by atoms with Gasteiger partial charge >= 0.3 is 0 Å². The first-order valence-electron chi connectivity index (χ1n) is 5.43. The molecule has 5 nitrogen and oxygen atoms in total. The summed E-state index contributed by atoms with van der Waals surface area (Å²) in [4.78, 5) is 13.0. The largest absolute Gasteiger partial charge is 0.308 e. The highest BCUT2D eigenvalue weighted by molar-refractivity contribution is 7.13. The maximum Gasteiger partial charge on any atom is 0.190 e. The zero-order chi connectivity index (χ0) is 12.3. The molecule has 0 unspecified atom stereocenters. The zero-order valence-electron chi connectivity index (χ0n) is 9.84. The van der Waals surface area contributed by atoms with Crippen molar-refractivity contribution in [3.05, 3.63) is 23.3 Å². The number of nitrogens with zero attached hydrogens (tertiary/aromatic N) is 3. The third-order valence-electron chi connectivity index (χ3n) is 2.17. The molecule has 0 bridgehead atoms. The fourth-order valence-electron chi connectivity index (χ4n) is 1.52. The molecule has 0 radical (unpaired) electrons. The molecule has 0 aliphatic heterocycles. The lowest BCUT2D eigenvalue weighted by Gasteiger charge is -2.08. The molecule has 0 saturated carbocycles. The van der Waals surface area contributed by atoms with Gasteiger partial charge in [0.05, 0.1) is 0 Å². The molecule has 0 fully saturated rings. The minimum Gasteiger partial charge on any atom is -0.308 e. The molecule has 0 aliphatic rings. The van der Waals surface area contributed by atoms with E-state index in [2.05, 4.69) is 34.2 Å². The van der Waals surface area contributed by atoms with E-state index in [9.17, 15) is 0 Å². The molecule has 6 heteroatoms. The summed E-state index contributed by atoms with van der Waals surface area (Å²) >= 11 is 1.52. The van der Waals surface area contributed by atoms with E-state index >= 15 is 0 Å². The molecular formula is C11H15N5S. The third kappa shape index (κ3) is 2.98. The quantitative estimate of drug-likeness (QED) is 0.641. The van der Waals surface area contributed by atoms with Crippen molar-refractivity contribution in [3.63, 3.8) is 0 Å². The number of anilines is 1. The van der Waals surface area contributed by atoms with Gasteiger partial charge in [0.1, 0.15) is 5.82 Å². The van der Waals surface area contributed by atoms with Crippen molar-refractivity contribution in [2.75, 3.05) is 5.43 Å². The second-order valence-electron chi connectivity index (χ2n) is 4.15. The van der Waals surface area contributed by atoms with E-state index < -0.39 is 0 Å². The highest BCUT2D eigenvalue weighted by atomic mass is 32.1. The Balaban J connectivity index is 2.38. The Morgan fingerprint density at radius 1 is 1.41 bits per heavy atom. The lowest BCUT2D eigenvalue weighted by atomic mass is 10.1. The van der Waals surface area contributed by atoms with Gasteiger partial charge in [0, 0.05) is 23.3 Å². The first-order chi connectivity index (χ1) is 8.19. The smallest absolute Gasteiger partial charge is 0.190 e. The van der Waals surface area contributed by atoms with Crippen molar-refractivity contribution in [3.8, 4) is 10.8 Å². The van der Waals surface area contributed by atoms with Crippen molar-refractivity contribution in [2.24, 2.45) is 11.8 Å². The molecule has 0 aromatic carbocycles. The topological polar surface area (TPSA) is 76.7 Å². The summed E-state index contributed by atoms with van der Waals surface area (Å²) in [5, 5.41) is 2.72. The molecule has 2 aromatic heterocycles. The van der Waals surface area contributed by atoms with Crippen LogP contribution < -0.4 is 11.3 Å². The molecule has 2 heterocycles. The highest BCUT2D eigenvalue weighted by Crippen LogP contribution is 2.20. The summed E-state index contributed by atoms with van der Waals surface area (Å²) < 4.78 is 0. The number of rotatable bonds is 4. The molecule has 0 atom stereocenters. The molecule has 17 heavy (non-hydrogen) atoms. The van der Waals surface area contributed by atoms with E-state index in [0.717, 1.165) is 17.1 Å². The average molecular weight is 249 g/mol. The standard InChI is InChI=1S/C11H15N5S/c1-7(2)5-8-6-9(16-12)15-10(14-8)11-13-3-4-17-11/h3-4,6-7H,5,12H2,1-2H3,(H,14,15,16). The minimum atomic E-state index is 0.541. The summed E-state index contributed by atoms with van der Waals surface area (Å²) in [6, 6.07) is 1.87. The molecule has 0 spiro atoms. The molecule has 0 saturated heterocycles. The Morgan fingerprint density at radius 2 is 2.24 bits per heavy atom. The van der Waals surface area contributed by atoms with Crippen LogP contribution in [0.3, 0.4) is 0 Å². The Kier molecular flexibility index (Phi) is 3.65. The number of hydrazine groups is 1. The van der Waals surface area contributed by atoms with Gasteiger partial charge in [0.2, 0.25) is 0 Å². The normalized spacial score (nSPS) is 10.8. The van der Waals surface area contributed by atoms with Crippen LogP contribution in [0.25, 0.3) is 10.8 Å². The number of hydrogen-bond acceptors (Lipinski definition) is 6. The molecule has 2 aromatic rings. The lowest BCUT2D eigenvalue weighted by Crippen LogP contribution is -2.11. The number of nitrogen functional groups attached to an aromatic ring is 1. The van der Waals surface area contributed by atoms with Crippen molar-refractivity contribution >= 4 is 17.2 Å². The maximum atomic E-state index is 5.41. The van der Waals surface area contributed by atoms with Crippen LogP contribution in [0.2, 0.25) is 0 Å². The van der Waals surface area contributed by atoms with Crippen LogP contribution in [0.5, 0.6) is 0 Å². The van der Waals surface area contributed by atoms with Gasteiger partial charge in [-0.2, -0.15) is 0 Å². The van der Waals surface area contributed by atoms with E-state index in [1.165, 1.54) is 11.3 Å². The van der Waals surface area contributed by atoms with Gasteiger partial charge in [-0.15, -0.1) is 11.3 Å². The van der Waals surface area contributed by atoms with Gasteiger partial charge < -0.3 is 5.43 Å². The van der Waals surface area contributed by atoms with E-state index in [1.807, 2.05) is 11.4 Å². The zero-order valence-corrected chi connectivity index (χ0v) is 10.7. The number of nitrogens with two attached hydrogens (primary N) is 1. The van der Waals surface area contributed by atoms with E-state index in [-0.39, 0.29) is 0 Å². The Labute approximate surface area is 104 Å². The second kappa shape index (κ2) is 5.20. The number of hydrogen-bond donors (Lipinski definition) is 2. The summed E-state index contributed by atoms with van der Waals surface area (Å²) in [7, 11) is 0. The molecule has 90 valence electrons. The monoisotopic (exact) mass is 249 g/mol. The second-order valence-corrected chi connectivity index (χ2v) is 5.04. The van der Waals surface area contributed by atoms with Crippen LogP contribution in [0.15, 0.2) is 17.6 Å². The van der Waals surface area contributed by atoms with Gasteiger partial charge in [0.15, 0.2) is 10.8 Å². The van der Waals surface area contributed by atoms with E-state index in [1.54, 1.807) is 6.20 Å². The van der Waals surface area contributed by atoms with Gasteiger partial charge in [-0.1, -0.05) is 13.8 Å². The van der Waals surface area contributed by atoms with Gasteiger partial charge in [-0.3, -0.25) is 0 Å². The Bertz CT molecular complexity index is 481. The molecule has 3 N–H and O–H groups in total. The Hall–Kier alpha value is -1.53. The van der Waals surface area contributed by atoms with Crippen molar-refractivity contribution in [1.29, 1.82) is 0 Å². The van der Waals surface area contributed by atoms with Crippen LogP contribution in [0, 0.1) is 5.92 Å². The van der Waals surface area contributed by atoms with Gasteiger partial charge in [0.25, 0.3) is 0 Å². The van der Waals surface area contributed by atoms with Crippen molar-refractivity contribution in [1.82, 2.24) is 15.0 Å². The SMILES string of the molecule is CC(C)Cc1cc(NN)nc(-c2nccs2)n1. The van der Waals surface area contributed by atoms with E-state index in [0.29, 0.717) is 17.6 Å². The molecular weight excluding hydrogens is 234 g/mol. The lowest BCUT2D eigenvalue weighted by molar-refractivity contribution is 0.635. The predicted octanol–water partition coefficient (Wildman–Crippen LogP) is 2.08. The highest BCUT2D eigenvalue weighted by Gasteiger charge is 2.09. The average Bonchev–Trinajstić information content (AvgIpc) is 2.81. The number of thiazole rings is 1. The number of aromatic nitrogens is 3.